The van der Waals surface area contributed by atoms with Gasteiger partial charge in [0.1, 0.15) is 4.60 Å². The maximum Gasteiger partial charge on any atom is 0.257 e. The fourth-order valence-corrected chi connectivity index (χ4v) is 2.03. The predicted octanol–water partition coefficient (Wildman–Crippen LogP) is 2.69. The monoisotopic (exact) mass is 320 g/mol. The molecule has 2 aromatic rings. The summed E-state index contributed by atoms with van der Waals surface area (Å²) in [5, 5.41) is 2.80. The molecule has 3 N–H and O–H groups in total. The third kappa shape index (κ3) is 3.08. The Morgan fingerprint density at radius 1 is 1.32 bits per heavy atom. The summed E-state index contributed by atoms with van der Waals surface area (Å²) in [5.74, 6) is -0.246. The first-order chi connectivity index (χ1) is 8.97. The Bertz CT molecular complexity index is 643. The molecular weight excluding hydrogens is 308 g/mol. The van der Waals surface area contributed by atoms with Crippen molar-refractivity contribution in [1.82, 2.24) is 9.97 Å². The van der Waals surface area contributed by atoms with Crippen LogP contribution in [0.5, 0.6) is 0 Å². The fraction of sp³-hybridized carbons (Fsp3) is 0.154. The molecule has 0 aliphatic rings. The molecule has 5 nitrogen and oxygen atoms in total. The highest BCUT2D eigenvalue weighted by Gasteiger charge is 2.12. The Hall–Kier alpha value is -1.95. The first kappa shape index (κ1) is 13.5. The van der Waals surface area contributed by atoms with E-state index >= 15 is 0 Å². The number of rotatable bonds is 2. The van der Waals surface area contributed by atoms with Gasteiger partial charge in [-0.05, 0) is 48.0 Å². The number of nitrogen functional groups attached to an aromatic ring is 1. The van der Waals surface area contributed by atoms with Gasteiger partial charge >= 0.3 is 0 Å². The lowest BCUT2D eigenvalue weighted by atomic mass is 10.1. The first-order valence-electron chi connectivity index (χ1n) is 5.64. The molecule has 2 rings (SSSR count). The zero-order valence-electron chi connectivity index (χ0n) is 10.6. The van der Waals surface area contributed by atoms with Gasteiger partial charge < -0.3 is 11.1 Å². The number of pyridine rings is 2. The molecule has 0 aliphatic carbocycles. The number of hydrogen-bond donors (Lipinski definition) is 2. The zero-order chi connectivity index (χ0) is 14.0. The Labute approximate surface area is 119 Å². The van der Waals surface area contributed by atoms with E-state index in [2.05, 4.69) is 31.2 Å². The number of hydrogen-bond acceptors (Lipinski definition) is 4. The van der Waals surface area contributed by atoms with Crippen molar-refractivity contribution < 1.29 is 4.79 Å². The van der Waals surface area contributed by atoms with Crippen LogP contribution in [-0.2, 0) is 0 Å². The van der Waals surface area contributed by atoms with Gasteiger partial charge in [0.15, 0.2) is 0 Å². The minimum Gasteiger partial charge on any atom is -0.397 e. The number of amides is 1. The standard InChI is InChI=1S/C13H13BrN4O/c1-7-10(5-9(15)6-16-7)13(19)18-11-3-4-12(14)17-8(11)2/h3-6H,15H2,1-2H3,(H,18,19). The van der Waals surface area contributed by atoms with E-state index < -0.39 is 0 Å². The normalized spacial score (nSPS) is 10.3. The van der Waals surface area contributed by atoms with Gasteiger partial charge in [0, 0.05) is 0 Å². The van der Waals surface area contributed by atoms with Crippen LogP contribution in [0, 0.1) is 13.8 Å². The SMILES string of the molecule is Cc1nc(Br)ccc1NC(=O)c1cc(N)cnc1C. The molecule has 19 heavy (non-hydrogen) atoms. The first-order valence-corrected chi connectivity index (χ1v) is 6.43. The lowest BCUT2D eigenvalue weighted by molar-refractivity contribution is 0.102. The minimum absolute atomic E-state index is 0.246. The second-order valence-corrected chi connectivity index (χ2v) is 4.94. The molecule has 0 saturated carbocycles. The average molecular weight is 321 g/mol. The Balaban J connectivity index is 2.28. The quantitative estimate of drug-likeness (QED) is 0.833. The number of nitrogens with one attached hydrogen (secondary N) is 1. The molecule has 2 heterocycles. The fourth-order valence-electron chi connectivity index (χ4n) is 1.63. The largest absolute Gasteiger partial charge is 0.397 e. The van der Waals surface area contributed by atoms with E-state index in [1.165, 1.54) is 6.20 Å². The van der Waals surface area contributed by atoms with Gasteiger partial charge in [0.25, 0.3) is 5.91 Å². The summed E-state index contributed by atoms with van der Waals surface area (Å²) >= 11 is 3.28. The Morgan fingerprint density at radius 2 is 2.05 bits per heavy atom. The molecule has 0 spiro atoms. The number of halogens is 1. The molecule has 2 aromatic heterocycles. The third-order valence-electron chi connectivity index (χ3n) is 2.65. The van der Waals surface area contributed by atoms with Gasteiger partial charge in [0.05, 0.1) is 34.5 Å². The number of nitrogens with zero attached hydrogens (tertiary/aromatic N) is 2. The molecule has 0 unspecified atom stereocenters. The van der Waals surface area contributed by atoms with Crippen LogP contribution in [0.4, 0.5) is 11.4 Å². The molecule has 0 bridgehead atoms. The van der Waals surface area contributed by atoms with Crippen LogP contribution in [0.25, 0.3) is 0 Å². The summed E-state index contributed by atoms with van der Waals surface area (Å²) in [6, 6.07) is 5.17. The smallest absolute Gasteiger partial charge is 0.257 e. The van der Waals surface area contributed by atoms with Gasteiger partial charge in [-0.3, -0.25) is 9.78 Å². The van der Waals surface area contributed by atoms with E-state index in [4.69, 9.17) is 5.73 Å². The highest BCUT2D eigenvalue weighted by molar-refractivity contribution is 9.10. The van der Waals surface area contributed by atoms with Crippen LogP contribution in [0.1, 0.15) is 21.7 Å². The van der Waals surface area contributed by atoms with Gasteiger partial charge in [-0.25, -0.2) is 4.98 Å². The van der Waals surface area contributed by atoms with Crippen molar-refractivity contribution in [3.63, 3.8) is 0 Å². The molecule has 6 heteroatoms. The van der Waals surface area contributed by atoms with Crippen molar-refractivity contribution in [2.45, 2.75) is 13.8 Å². The number of aryl methyl sites for hydroxylation is 2. The summed E-state index contributed by atoms with van der Waals surface area (Å²) < 4.78 is 0.727. The average Bonchev–Trinajstić information content (AvgIpc) is 2.35. The van der Waals surface area contributed by atoms with Gasteiger partial charge in [-0.1, -0.05) is 0 Å². The van der Waals surface area contributed by atoms with Gasteiger partial charge in [-0.15, -0.1) is 0 Å². The van der Waals surface area contributed by atoms with E-state index in [0.717, 1.165) is 10.3 Å². The highest BCUT2D eigenvalue weighted by atomic mass is 79.9. The molecule has 1 amide bonds. The van der Waals surface area contributed by atoms with Crippen LogP contribution >= 0.6 is 15.9 Å². The van der Waals surface area contributed by atoms with Crippen molar-refractivity contribution in [3.8, 4) is 0 Å². The lowest BCUT2D eigenvalue weighted by Gasteiger charge is -2.09. The second kappa shape index (κ2) is 5.36. The number of anilines is 2. The van der Waals surface area contributed by atoms with Crippen molar-refractivity contribution >= 4 is 33.2 Å². The highest BCUT2D eigenvalue weighted by Crippen LogP contribution is 2.18. The Morgan fingerprint density at radius 3 is 2.74 bits per heavy atom. The molecule has 0 saturated heterocycles. The summed E-state index contributed by atoms with van der Waals surface area (Å²) in [6.07, 6.45) is 1.53. The Kier molecular flexibility index (Phi) is 3.80. The number of nitrogens with two attached hydrogens (primary N) is 1. The maximum absolute atomic E-state index is 12.2. The van der Waals surface area contributed by atoms with Crippen molar-refractivity contribution in [1.29, 1.82) is 0 Å². The number of aromatic nitrogens is 2. The van der Waals surface area contributed by atoms with E-state index in [-0.39, 0.29) is 5.91 Å². The van der Waals surface area contributed by atoms with Crippen LogP contribution in [-0.4, -0.2) is 15.9 Å². The van der Waals surface area contributed by atoms with Crippen molar-refractivity contribution in [2.75, 3.05) is 11.1 Å². The molecule has 0 atom stereocenters. The summed E-state index contributed by atoms with van der Waals surface area (Å²) in [5.41, 5.74) is 8.60. The van der Waals surface area contributed by atoms with E-state index in [0.29, 0.717) is 22.6 Å². The molecule has 0 radical (unpaired) electrons. The summed E-state index contributed by atoms with van der Waals surface area (Å²) in [4.78, 5) is 20.5. The topological polar surface area (TPSA) is 80.9 Å². The molecule has 0 aromatic carbocycles. The molecule has 0 fully saturated rings. The van der Waals surface area contributed by atoms with E-state index in [9.17, 15) is 4.79 Å². The zero-order valence-corrected chi connectivity index (χ0v) is 12.2. The van der Waals surface area contributed by atoms with Crippen LogP contribution in [0.15, 0.2) is 29.0 Å². The third-order valence-corrected chi connectivity index (χ3v) is 3.09. The van der Waals surface area contributed by atoms with E-state index in [1.54, 1.807) is 25.1 Å². The summed E-state index contributed by atoms with van der Waals surface area (Å²) in [7, 11) is 0. The van der Waals surface area contributed by atoms with Gasteiger partial charge in [-0.2, -0.15) is 0 Å². The van der Waals surface area contributed by atoms with Crippen LogP contribution < -0.4 is 11.1 Å². The van der Waals surface area contributed by atoms with Crippen molar-refractivity contribution in [3.05, 3.63) is 46.0 Å². The van der Waals surface area contributed by atoms with Crippen molar-refractivity contribution in [2.24, 2.45) is 0 Å². The number of carbonyl (C=O) groups is 1. The summed E-state index contributed by atoms with van der Waals surface area (Å²) in [6.45, 7) is 3.59. The molecular formula is C13H13BrN4O. The minimum atomic E-state index is -0.246. The predicted molar refractivity (Wildman–Crippen MR) is 78.0 cm³/mol. The molecule has 98 valence electrons. The van der Waals surface area contributed by atoms with E-state index in [1.807, 2.05) is 6.92 Å². The lowest BCUT2D eigenvalue weighted by Crippen LogP contribution is -2.15. The van der Waals surface area contributed by atoms with Gasteiger partial charge in [0.2, 0.25) is 0 Å². The van der Waals surface area contributed by atoms with Crippen LogP contribution in [0.3, 0.4) is 0 Å². The van der Waals surface area contributed by atoms with Crippen LogP contribution in [0.2, 0.25) is 0 Å². The second-order valence-electron chi connectivity index (χ2n) is 4.12. The number of carbonyl (C=O) groups excluding carboxylic acids is 1. The maximum atomic E-state index is 12.2. The molecule has 0 aliphatic heterocycles.